The fourth-order valence-corrected chi connectivity index (χ4v) is 3.55. The molecule has 0 bridgehead atoms. The molecule has 0 unspecified atom stereocenters. The molecular weight excluding hydrogens is 302 g/mol. The minimum Gasteiger partial charge on any atom is -0.323 e. The fourth-order valence-electron chi connectivity index (χ4n) is 3.55. The molecule has 1 saturated heterocycles. The molecule has 6 heteroatoms. The molecule has 2 aromatic rings. The Kier molecular flexibility index (Phi) is 4.06. The van der Waals surface area contributed by atoms with E-state index >= 15 is 0 Å². The van der Waals surface area contributed by atoms with Gasteiger partial charge < -0.3 is 10.2 Å². The summed E-state index contributed by atoms with van der Waals surface area (Å²) in [6, 6.07) is 4.41. The number of likely N-dealkylation sites (tertiary alicyclic amines) is 1. The highest BCUT2D eigenvalue weighted by molar-refractivity contribution is 5.95. The normalized spacial score (nSPS) is 24.7. The number of carbonyl (C=O) groups excluding carboxylic acids is 1. The smallest absolute Gasteiger partial charge is 0.228 e. The highest BCUT2D eigenvalue weighted by Crippen LogP contribution is 2.47. The number of hydrogen-bond donors (Lipinski definition) is 1. The molecule has 3 heterocycles. The summed E-state index contributed by atoms with van der Waals surface area (Å²) < 4.78 is 2.01. The molecule has 2 aromatic heterocycles. The zero-order chi connectivity index (χ0) is 16.5. The van der Waals surface area contributed by atoms with Crippen molar-refractivity contribution in [3.05, 3.63) is 42.5 Å². The number of pyridine rings is 1. The third kappa shape index (κ3) is 3.19. The molecule has 1 aliphatic carbocycles. The van der Waals surface area contributed by atoms with Gasteiger partial charge in [0.05, 0.1) is 17.9 Å². The second-order valence-electron chi connectivity index (χ2n) is 6.97. The summed E-state index contributed by atoms with van der Waals surface area (Å²) in [5.74, 6) is 0.454. The summed E-state index contributed by atoms with van der Waals surface area (Å²) in [5.41, 5.74) is 1.95. The molecule has 24 heavy (non-hydrogen) atoms. The Morgan fingerprint density at radius 2 is 2.12 bits per heavy atom. The highest BCUT2D eigenvalue weighted by Gasteiger charge is 2.44. The summed E-state index contributed by atoms with van der Waals surface area (Å²) in [4.78, 5) is 18.9. The number of carbonyl (C=O) groups is 1. The van der Waals surface area contributed by atoms with E-state index in [0.29, 0.717) is 12.0 Å². The molecule has 2 fully saturated rings. The van der Waals surface area contributed by atoms with Crippen molar-refractivity contribution in [1.29, 1.82) is 0 Å². The van der Waals surface area contributed by atoms with Crippen LogP contribution in [0.5, 0.6) is 0 Å². The second kappa shape index (κ2) is 6.36. The minimum absolute atomic E-state index is 0.0564. The van der Waals surface area contributed by atoms with Crippen LogP contribution in [0.25, 0.3) is 0 Å². The van der Waals surface area contributed by atoms with Crippen LogP contribution in [0, 0.1) is 5.92 Å². The second-order valence-corrected chi connectivity index (χ2v) is 6.97. The van der Waals surface area contributed by atoms with E-state index in [4.69, 9.17) is 0 Å². The van der Waals surface area contributed by atoms with E-state index in [0.717, 1.165) is 43.6 Å². The van der Waals surface area contributed by atoms with Crippen LogP contribution in [0.3, 0.4) is 0 Å². The van der Waals surface area contributed by atoms with E-state index in [-0.39, 0.29) is 11.8 Å². The number of anilines is 1. The number of piperidine rings is 1. The maximum Gasteiger partial charge on any atom is 0.228 e. The van der Waals surface area contributed by atoms with Gasteiger partial charge in [-0.05, 0) is 56.9 Å². The van der Waals surface area contributed by atoms with Crippen LogP contribution < -0.4 is 5.32 Å². The predicted molar refractivity (Wildman–Crippen MR) is 91.7 cm³/mol. The van der Waals surface area contributed by atoms with E-state index in [2.05, 4.69) is 27.3 Å². The SMILES string of the molecule is CN1CCC(n2cc(NC(=O)[C@@H]3C[C@H]3c3cccnc3)cn2)CC1. The Morgan fingerprint density at radius 3 is 2.88 bits per heavy atom. The maximum absolute atomic E-state index is 12.4. The van der Waals surface area contributed by atoms with Crippen molar-refractivity contribution in [2.24, 2.45) is 5.92 Å². The highest BCUT2D eigenvalue weighted by atomic mass is 16.2. The average molecular weight is 325 g/mol. The monoisotopic (exact) mass is 325 g/mol. The number of nitrogens with one attached hydrogen (secondary N) is 1. The van der Waals surface area contributed by atoms with Crippen molar-refractivity contribution in [2.45, 2.75) is 31.2 Å². The first kappa shape index (κ1) is 15.3. The molecule has 1 N–H and O–H groups in total. The Labute approximate surface area is 141 Å². The van der Waals surface area contributed by atoms with Crippen molar-refractivity contribution in [2.75, 3.05) is 25.5 Å². The number of amides is 1. The molecule has 0 spiro atoms. The van der Waals surface area contributed by atoms with Gasteiger partial charge in [0.15, 0.2) is 0 Å². The molecule has 1 aliphatic heterocycles. The zero-order valence-corrected chi connectivity index (χ0v) is 13.9. The molecule has 6 nitrogen and oxygen atoms in total. The van der Waals surface area contributed by atoms with Gasteiger partial charge in [0.1, 0.15) is 0 Å². The molecule has 126 valence electrons. The lowest BCUT2D eigenvalue weighted by atomic mass is 10.1. The summed E-state index contributed by atoms with van der Waals surface area (Å²) in [5, 5.41) is 7.47. The van der Waals surface area contributed by atoms with Crippen molar-refractivity contribution in [1.82, 2.24) is 19.7 Å². The van der Waals surface area contributed by atoms with Gasteiger partial charge in [-0.15, -0.1) is 0 Å². The summed E-state index contributed by atoms with van der Waals surface area (Å²) in [7, 11) is 2.15. The van der Waals surface area contributed by atoms with Crippen LogP contribution in [-0.4, -0.2) is 45.7 Å². The number of nitrogens with zero attached hydrogens (tertiary/aromatic N) is 4. The molecule has 0 radical (unpaired) electrons. The lowest BCUT2D eigenvalue weighted by Gasteiger charge is -2.28. The van der Waals surface area contributed by atoms with Gasteiger partial charge in [0.2, 0.25) is 5.91 Å². The lowest BCUT2D eigenvalue weighted by Crippen LogP contribution is -2.31. The van der Waals surface area contributed by atoms with E-state index in [9.17, 15) is 4.79 Å². The molecule has 1 amide bonds. The summed E-state index contributed by atoms with van der Waals surface area (Å²) >= 11 is 0. The van der Waals surface area contributed by atoms with Crippen LogP contribution in [-0.2, 0) is 4.79 Å². The standard InChI is InChI=1S/C18H23N5O/c1-22-7-4-15(5-8-22)23-12-14(11-20-23)21-18(24)17-9-16(17)13-3-2-6-19-10-13/h2-3,6,10-12,15-17H,4-5,7-9H2,1H3,(H,21,24)/t16-,17+/m0/s1. The first-order chi connectivity index (χ1) is 11.7. The van der Waals surface area contributed by atoms with Crippen molar-refractivity contribution < 1.29 is 4.79 Å². The molecule has 4 rings (SSSR count). The van der Waals surface area contributed by atoms with E-state index in [1.54, 1.807) is 12.4 Å². The maximum atomic E-state index is 12.4. The van der Waals surface area contributed by atoms with E-state index in [1.165, 1.54) is 0 Å². The van der Waals surface area contributed by atoms with Gasteiger partial charge in [0.25, 0.3) is 0 Å². The Hall–Kier alpha value is -2.21. The molecule has 1 saturated carbocycles. The largest absolute Gasteiger partial charge is 0.323 e. The topological polar surface area (TPSA) is 63.0 Å². The molecule has 2 aliphatic rings. The zero-order valence-electron chi connectivity index (χ0n) is 13.9. The molecular formula is C18H23N5O. The van der Waals surface area contributed by atoms with Gasteiger partial charge in [-0.25, -0.2) is 0 Å². The molecule has 0 aromatic carbocycles. The van der Waals surface area contributed by atoms with Crippen molar-refractivity contribution >= 4 is 11.6 Å². The van der Waals surface area contributed by atoms with Gasteiger partial charge in [-0.2, -0.15) is 5.10 Å². The fraction of sp³-hybridized carbons (Fsp3) is 0.500. The first-order valence-electron chi connectivity index (χ1n) is 8.64. The number of aromatic nitrogens is 3. The third-order valence-corrected chi connectivity index (χ3v) is 5.17. The average Bonchev–Trinajstić information content (AvgIpc) is 3.29. The predicted octanol–water partition coefficient (Wildman–Crippen LogP) is 2.29. The van der Waals surface area contributed by atoms with Crippen LogP contribution >= 0.6 is 0 Å². The summed E-state index contributed by atoms with van der Waals surface area (Å²) in [6.07, 6.45) is 10.5. The van der Waals surface area contributed by atoms with Gasteiger partial charge >= 0.3 is 0 Å². The Balaban J connectivity index is 1.34. The minimum atomic E-state index is 0.0564. The van der Waals surface area contributed by atoms with Crippen LogP contribution in [0.2, 0.25) is 0 Å². The molecule has 2 atom stereocenters. The first-order valence-corrected chi connectivity index (χ1v) is 8.64. The summed E-state index contributed by atoms with van der Waals surface area (Å²) in [6.45, 7) is 2.20. The van der Waals surface area contributed by atoms with Crippen molar-refractivity contribution in [3.8, 4) is 0 Å². The van der Waals surface area contributed by atoms with Crippen LogP contribution in [0.4, 0.5) is 5.69 Å². The Bertz CT molecular complexity index is 705. The third-order valence-electron chi connectivity index (χ3n) is 5.17. The van der Waals surface area contributed by atoms with E-state index < -0.39 is 0 Å². The van der Waals surface area contributed by atoms with Gasteiger partial charge in [-0.1, -0.05) is 6.07 Å². The number of rotatable bonds is 4. The quantitative estimate of drug-likeness (QED) is 0.937. The van der Waals surface area contributed by atoms with E-state index in [1.807, 2.05) is 29.2 Å². The van der Waals surface area contributed by atoms with Gasteiger partial charge in [0, 0.05) is 24.5 Å². The van der Waals surface area contributed by atoms with Crippen LogP contribution in [0.15, 0.2) is 36.9 Å². The Morgan fingerprint density at radius 1 is 1.29 bits per heavy atom. The lowest BCUT2D eigenvalue weighted by molar-refractivity contribution is -0.117. The van der Waals surface area contributed by atoms with Crippen molar-refractivity contribution in [3.63, 3.8) is 0 Å². The number of hydrogen-bond acceptors (Lipinski definition) is 4. The van der Waals surface area contributed by atoms with Crippen LogP contribution in [0.1, 0.15) is 36.8 Å². The van der Waals surface area contributed by atoms with Gasteiger partial charge in [-0.3, -0.25) is 14.5 Å².